The van der Waals surface area contributed by atoms with Crippen LogP contribution in [0.4, 0.5) is 9.93 Å². The van der Waals surface area contributed by atoms with Gasteiger partial charge in [-0.2, -0.15) is 0 Å². The zero-order valence-corrected chi connectivity index (χ0v) is 15.6. The molecule has 1 aromatic carbocycles. The third-order valence-corrected chi connectivity index (χ3v) is 5.80. The number of imide groups is 1. The summed E-state index contributed by atoms with van der Waals surface area (Å²) in [5.74, 6) is -0.849. The molecule has 8 nitrogen and oxygen atoms in total. The molecule has 0 unspecified atom stereocenters. The summed E-state index contributed by atoms with van der Waals surface area (Å²) in [5.41, 5.74) is 0.819. The lowest BCUT2D eigenvalue weighted by atomic mass is 9.92. The van der Waals surface area contributed by atoms with Crippen LogP contribution in [0.15, 0.2) is 24.3 Å². The zero-order chi connectivity index (χ0) is 19.0. The Morgan fingerprint density at radius 2 is 2.15 bits per heavy atom. The average Bonchev–Trinajstić information content (AvgIpc) is 3.30. The molecule has 1 fully saturated rings. The molecule has 1 atom stereocenters. The lowest BCUT2D eigenvalue weighted by molar-refractivity contribution is -0.134. The molecule has 9 heteroatoms. The second-order valence-corrected chi connectivity index (χ2v) is 7.75. The van der Waals surface area contributed by atoms with E-state index in [1.165, 1.54) is 11.3 Å². The first kappa shape index (κ1) is 17.6. The van der Waals surface area contributed by atoms with E-state index in [0.29, 0.717) is 18.0 Å². The van der Waals surface area contributed by atoms with Crippen LogP contribution >= 0.6 is 11.3 Å². The highest BCUT2D eigenvalue weighted by Gasteiger charge is 2.55. The van der Waals surface area contributed by atoms with Gasteiger partial charge in [0.05, 0.1) is 0 Å². The smallest absolute Gasteiger partial charge is 0.319 e. The molecule has 1 saturated heterocycles. The molecule has 140 valence electrons. The molecule has 4 rings (SSSR count). The van der Waals surface area contributed by atoms with Crippen molar-refractivity contribution in [3.63, 3.8) is 0 Å². The Labute approximate surface area is 160 Å². The number of anilines is 1. The van der Waals surface area contributed by atoms with Crippen LogP contribution in [0.2, 0.25) is 0 Å². The second-order valence-electron chi connectivity index (χ2n) is 6.68. The summed E-state index contributed by atoms with van der Waals surface area (Å²) in [4.78, 5) is 38.7. The maximum absolute atomic E-state index is 13.0. The van der Waals surface area contributed by atoms with Crippen molar-refractivity contribution >= 4 is 34.3 Å². The van der Waals surface area contributed by atoms with Gasteiger partial charge in [0, 0.05) is 6.42 Å². The standard InChI is InChI=1S/C18H19N5O3S/c1-2-5-14-21-22-16(27-14)19-13(24)10-23-15(25)18(20-17(23)26)9-8-11-6-3-4-7-12(11)18/h3-4,6-7H,2,5,8-10H2,1H3,(H,20,26)(H,19,22,24)/t18-/m1/s1. The van der Waals surface area contributed by atoms with E-state index >= 15 is 0 Å². The molecule has 4 amide bonds. The predicted molar refractivity (Wildman–Crippen MR) is 99.2 cm³/mol. The van der Waals surface area contributed by atoms with Gasteiger partial charge in [0.1, 0.15) is 17.1 Å². The number of aromatic nitrogens is 2. The van der Waals surface area contributed by atoms with Gasteiger partial charge in [0.15, 0.2) is 0 Å². The van der Waals surface area contributed by atoms with Crippen molar-refractivity contribution in [3.05, 3.63) is 40.4 Å². The van der Waals surface area contributed by atoms with E-state index in [4.69, 9.17) is 0 Å². The third-order valence-electron chi connectivity index (χ3n) is 4.90. The number of fused-ring (bicyclic) bond motifs is 2. The Morgan fingerprint density at radius 3 is 2.96 bits per heavy atom. The van der Waals surface area contributed by atoms with E-state index in [9.17, 15) is 14.4 Å². The maximum Gasteiger partial charge on any atom is 0.325 e. The first-order valence-corrected chi connectivity index (χ1v) is 9.70. The van der Waals surface area contributed by atoms with Gasteiger partial charge in [-0.25, -0.2) is 4.79 Å². The number of amides is 4. The average molecular weight is 385 g/mol. The van der Waals surface area contributed by atoms with Gasteiger partial charge in [0.25, 0.3) is 5.91 Å². The van der Waals surface area contributed by atoms with Crippen LogP contribution in [0.5, 0.6) is 0 Å². The van der Waals surface area contributed by atoms with E-state index in [0.717, 1.165) is 33.9 Å². The van der Waals surface area contributed by atoms with Gasteiger partial charge in [-0.3, -0.25) is 19.8 Å². The van der Waals surface area contributed by atoms with E-state index in [1.54, 1.807) is 0 Å². The van der Waals surface area contributed by atoms with Crippen molar-refractivity contribution in [1.82, 2.24) is 20.4 Å². The first-order chi connectivity index (χ1) is 13.0. The molecule has 2 aliphatic rings. The van der Waals surface area contributed by atoms with Crippen LogP contribution in [-0.4, -0.2) is 39.5 Å². The minimum atomic E-state index is -1.05. The molecule has 2 N–H and O–H groups in total. The van der Waals surface area contributed by atoms with Crippen LogP contribution in [-0.2, 0) is 28.0 Å². The van der Waals surface area contributed by atoms with Crippen molar-refractivity contribution in [2.45, 2.75) is 38.1 Å². The van der Waals surface area contributed by atoms with Crippen LogP contribution in [0.1, 0.15) is 35.9 Å². The van der Waals surface area contributed by atoms with Crippen molar-refractivity contribution in [2.24, 2.45) is 0 Å². The van der Waals surface area contributed by atoms with Gasteiger partial charge in [-0.1, -0.05) is 42.5 Å². The Kier molecular flexibility index (Phi) is 4.39. The normalized spacial score (nSPS) is 20.9. The van der Waals surface area contributed by atoms with Crippen molar-refractivity contribution < 1.29 is 14.4 Å². The summed E-state index contributed by atoms with van der Waals surface area (Å²) in [6, 6.07) is 7.04. The molecule has 0 bridgehead atoms. The monoisotopic (exact) mass is 385 g/mol. The molecule has 27 heavy (non-hydrogen) atoms. The number of carbonyl (C=O) groups is 3. The highest BCUT2D eigenvalue weighted by atomic mass is 32.1. The summed E-state index contributed by atoms with van der Waals surface area (Å²) < 4.78 is 0. The van der Waals surface area contributed by atoms with Gasteiger partial charge in [-0.05, 0) is 30.4 Å². The number of rotatable bonds is 5. The van der Waals surface area contributed by atoms with Gasteiger partial charge >= 0.3 is 6.03 Å². The Bertz CT molecular complexity index is 927. The number of benzene rings is 1. The number of urea groups is 1. The molecule has 1 aliphatic heterocycles. The summed E-state index contributed by atoms with van der Waals surface area (Å²) >= 11 is 1.30. The largest absolute Gasteiger partial charge is 0.325 e. The summed E-state index contributed by atoms with van der Waals surface area (Å²) in [7, 11) is 0. The fraction of sp³-hybridized carbons (Fsp3) is 0.389. The highest BCUT2D eigenvalue weighted by molar-refractivity contribution is 7.15. The number of nitrogens with one attached hydrogen (secondary N) is 2. The van der Waals surface area contributed by atoms with Crippen LogP contribution in [0.3, 0.4) is 0 Å². The number of hydrogen-bond donors (Lipinski definition) is 2. The predicted octanol–water partition coefficient (Wildman–Crippen LogP) is 1.82. The summed E-state index contributed by atoms with van der Waals surface area (Å²) in [5, 5.41) is 14.6. The molecule has 2 aromatic rings. The molecule has 0 saturated carbocycles. The molecule has 1 aliphatic carbocycles. The molecule has 1 spiro atoms. The van der Waals surface area contributed by atoms with Crippen LogP contribution in [0, 0.1) is 0 Å². The van der Waals surface area contributed by atoms with E-state index in [2.05, 4.69) is 20.8 Å². The van der Waals surface area contributed by atoms with E-state index in [-0.39, 0.29) is 12.5 Å². The maximum atomic E-state index is 13.0. The lowest BCUT2D eigenvalue weighted by Gasteiger charge is -2.22. The van der Waals surface area contributed by atoms with Crippen molar-refractivity contribution in [1.29, 1.82) is 0 Å². The van der Waals surface area contributed by atoms with E-state index in [1.807, 2.05) is 31.2 Å². The number of carbonyl (C=O) groups excluding carboxylic acids is 3. The molecule has 1 aromatic heterocycles. The number of hydrogen-bond acceptors (Lipinski definition) is 6. The molecular formula is C18H19N5O3S. The Morgan fingerprint density at radius 1 is 1.33 bits per heavy atom. The fourth-order valence-corrected chi connectivity index (χ4v) is 4.51. The molecule has 2 heterocycles. The quantitative estimate of drug-likeness (QED) is 0.764. The summed E-state index contributed by atoms with van der Waals surface area (Å²) in [6.45, 7) is 1.69. The van der Waals surface area contributed by atoms with E-state index < -0.39 is 17.5 Å². The van der Waals surface area contributed by atoms with Crippen molar-refractivity contribution in [2.75, 3.05) is 11.9 Å². The topological polar surface area (TPSA) is 104 Å². The van der Waals surface area contributed by atoms with Crippen molar-refractivity contribution in [3.8, 4) is 0 Å². The fourth-order valence-electron chi connectivity index (χ4n) is 3.65. The minimum absolute atomic E-state index is 0.350. The minimum Gasteiger partial charge on any atom is -0.319 e. The Hall–Kier alpha value is -2.81. The zero-order valence-electron chi connectivity index (χ0n) is 14.8. The van der Waals surface area contributed by atoms with Gasteiger partial charge < -0.3 is 5.32 Å². The third kappa shape index (κ3) is 2.97. The summed E-state index contributed by atoms with van der Waals surface area (Å²) in [6.07, 6.45) is 2.95. The van der Waals surface area contributed by atoms with Gasteiger partial charge in [0.2, 0.25) is 11.0 Å². The molecular weight excluding hydrogens is 366 g/mol. The SMILES string of the molecule is CCCc1nnc(NC(=O)CN2C(=O)N[C@@]3(CCc4ccccc43)C2=O)s1. The highest BCUT2D eigenvalue weighted by Crippen LogP contribution is 2.41. The number of aryl methyl sites for hydroxylation is 2. The Balaban J connectivity index is 1.47. The number of nitrogens with zero attached hydrogens (tertiary/aromatic N) is 3. The van der Waals surface area contributed by atoms with Crippen LogP contribution in [0.25, 0.3) is 0 Å². The second kappa shape index (κ2) is 6.73. The molecule has 0 radical (unpaired) electrons. The lowest BCUT2D eigenvalue weighted by Crippen LogP contribution is -2.42. The van der Waals surface area contributed by atoms with Gasteiger partial charge in [-0.15, -0.1) is 10.2 Å². The van der Waals surface area contributed by atoms with Crippen LogP contribution < -0.4 is 10.6 Å². The first-order valence-electron chi connectivity index (χ1n) is 8.88.